The average Bonchev–Trinajstić information content (AvgIpc) is 2.81. The molecule has 1 aromatic rings. The van der Waals surface area contributed by atoms with Crippen molar-refractivity contribution in [1.82, 2.24) is 10.3 Å². The summed E-state index contributed by atoms with van der Waals surface area (Å²) in [4.78, 5) is 4.47. The first-order valence-electron chi connectivity index (χ1n) is 6.72. The van der Waals surface area contributed by atoms with Gasteiger partial charge in [0.05, 0.1) is 16.0 Å². The molecule has 0 aromatic carbocycles. The molecule has 3 unspecified atom stereocenters. The van der Waals surface area contributed by atoms with E-state index in [-0.39, 0.29) is 0 Å². The molecule has 1 aliphatic carbocycles. The van der Waals surface area contributed by atoms with Crippen LogP contribution in [0.2, 0.25) is 0 Å². The van der Waals surface area contributed by atoms with Gasteiger partial charge in [-0.25, -0.2) is 4.98 Å². The van der Waals surface area contributed by atoms with Gasteiger partial charge in [-0.3, -0.25) is 4.21 Å². The molecular formula is C13H22N2OS2. The number of aryl methyl sites for hydroxylation is 1. The fraction of sp³-hybridized carbons (Fsp3) is 0.769. The van der Waals surface area contributed by atoms with Crippen LogP contribution in [-0.2, 0) is 17.3 Å². The first-order valence-corrected chi connectivity index (χ1v) is 8.98. The summed E-state index contributed by atoms with van der Waals surface area (Å²) in [5, 5.41) is 7.13. The zero-order chi connectivity index (χ0) is 13.0. The van der Waals surface area contributed by atoms with E-state index in [0.29, 0.717) is 11.3 Å². The Morgan fingerprint density at radius 1 is 1.50 bits per heavy atom. The van der Waals surface area contributed by atoms with Crippen LogP contribution in [-0.4, -0.2) is 26.2 Å². The Labute approximate surface area is 116 Å². The largest absolute Gasteiger partial charge is 0.307 e. The number of nitrogens with one attached hydrogen (secondary N) is 1. The van der Waals surface area contributed by atoms with E-state index in [0.717, 1.165) is 35.8 Å². The molecule has 1 saturated carbocycles. The zero-order valence-electron chi connectivity index (χ0n) is 11.1. The summed E-state index contributed by atoms with van der Waals surface area (Å²) in [6.45, 7) is 4.86. The van der Waals surface area contributed by atoms with Crippen LogP contribution >= 0.6 is 11.3 Å². The number of hydrogen-bond donors (Lipinski definition) is 1. The Balaban J connectivity index is 1.91. The van der Waals surface area contributed by atoms with E-state index in [1.807, 2.05) is 13.8 Å². The lowest BCUT2D eigenvalue weighted by Crippen LogP contribution is -2.44. The number of thiazole rings is 1. The van der Waals surface area contributed by atoms with E-state index < -0.39 is 10.8 Å². The van der Waals surface area contributed by atoms with Gasteiger partial charge in [-0.2, -0.15) is 0 Å². The van der Waals surface area contributed by atoms with Gasteiger partial charge in [-0.1, -0.05) is 19.8 Å². The van der Waals surface area contributed by atoms with Crippen molar-refractivity contribution in [2.45, 2.75) is 57.4 Å². The molecule has 1 N–H and O–H groups in total. The predicted octanol–water partition coefficient (Wildman–Crippen LogP) is 2.62. The van der Waals surface area contributed by atoms with Gasteiger partial charge in [0, 0.05) is 34.5 Å². The van der Waals surface area contributed by atoms with Gasteiger partial charge in [0.25, 0.3) is 0 Å². The van der Waals surface area contributed by atoms with Crippen molar-refractivity contribution in [2.75, 3.05) is 5.75 Å². The minimum Gasteiger partial charge on any atom is -0.307 e. The lowest BCUT2D eigenvalue weighted by Gasteiger charge is -2.31. The van der Waals surface area contributed by atoms with Gasteiger partial charge >= 0.3 is 0 Å². The Bertz CT molecular complexity index is 405. The fourth-order valence-corrected chi connectivity index (χ4v) is 4.65. The number of rotatable bonds is 5. The molecule has 1 aliphatic rings. The number of hydrogen-bond acceptors (Lipinski definition) is 4. The van der Waals surface area contributed by atoms with Crippen LogP contribution in [0.15, 0.2) is 5.38 Å². The average molecular weight is 286 g/mol. The van der Waals surface area contributed by atoms with Crippen molar-refractivity contribution >= 4 is 22.1 Å². The lowest BCUT2D eigenvalue weighted by atomic mass is 9.95. The van der Waals surface area contributed by atoms with Gasteiger partial charge in [0.1, 0.15) is 0 Å². The molecule has 1 aromatic heterocycles. The Morgan fingerprint density at radius 3 is 2.94 bits per heavy atom. The van der Waals surface area contributed by atoms with Crippen LogP contribution < -0.4 is 5.32 Å². The third-order valence-electron chi connectivity index (χ3n) is 3.54. The monoisotopic (exact) mass is 286 g/mol. The second kappa shape index (κ2) is 6.78. The Hall–Kier alpha value is -0.260. The maximum Gasteiger partial charge on any atom is 0.0897 e. The summed E-state index contributed by atoms with van der Waals surface area (Å²) in [6, 6.07) is 0.404. The Morgan fingerprint density at radius 2 is 2.28 bits per heavy atom. The van der Waals surface area contributed by atoms with Crippen molar-refractivity contribution in [3.63, 3.8) is 0 Å². The van der Waals surface area contributed by atoms with E-state index in [4.69, 9.17) is 0 Å². The molecule has 3 atom stereocenters. The van der Waals surface area contributed by atoms with Crippen molar-refractivity contribution in [3.8, 4) is 0 Å². The van der Waals surface area contributed by atoms with Crippen molar-refractivity contribution in [2.24, 2.45) is 0 Å². The highest BCUT2D eigenvalue weighted by Gasteiger charge is 2.28. The molecule has 0 spiro atoms. The Kier molecular flexibility index (Phi) is 5.33. The molecule has 0 aliphatic heterocycles. The summed E-state index contributed by atoms with van der Waals surface area (Å²) in [5.41, 5.74) is 1.11. The maximum atomic E-state index is 12.1. The molecule has 2 rings (SSSR count). The van der Waals surface area contributed by atoms with Crippen molar-refractivity contribution in [1.29, 1.82) is 0 Å². The zero-order valence-corrected chi connectivity index (χ0v) is 12.8. The SMILES string of the molecule is CCS(=O)C1CCCCC1NCc1csc(C)n1. The second-order valence-corrected chi connectivity index (χ2v) is 7.84. The summed E-state index contributed by atoms with van der Waals surface area (Å²) < 4.78 is 12.1. The second-order valence-electron chi connectivity index (χ2n) is 4.84. The van der Waals surface area contributed by atoms with E-state index in [2.05, 4.69) is 15.7 Å². The molecule has 0 radical (unpaired) electrons. The van der Waals surface area contributed by atoms with Gasteiger partial charge in [0.2, 0.25) is 0 Å². The smallest absolute Gasteiger partial charge is 0.0897 e. The quantitative estimate of drug-likeness (QED) is 0.905. The highest BCUT2D eigenvalue weighted by molar-refractivity contribution is 7.85. The summed E-state index contributed by atoms with van der Waals surface area (Å²) in [5.74, 6) is 0.776. The molecular weight excluding hydrogens is 264 g/mol. The third kappa shape index (κ3) is 3.62. The van der Waals surface area contributed by atoms with E-state index in [1.165, 1.54) is 12.8 Å². The normalized spacial score (nSPS) is 26.1. The molecule has 1 fully saturated rings. The standard InChI is InChI=1S/C13H22N2OS2/c1-3-18(16)13-7-5-4-6-12(13)14-8-11-9-17-10(2)15-11/h9,12-14H,3-8H2,1-2H3. The lowest BCUT2D eigenvalue weighted by molar-refractivity contribution is 0.376. The summed E-state index contributed by atoms with van der Waals surface area (Å²) in [7, 11) is -0.676. The summed E-state index contributed by atoms with van der Waals surface area (Å²) >= 11 is 1.69. The minimum absolute atomic E-state index is 0.337. The first kappa shape index (κ1) is 14.2. The van der Waals surface area contributed by atoms with Gasteiger partial charge in [-0.05, 0) is 19.8 Å². The molecule has 3 nitrogen and oxygen atoms in total. The van der Waals surface area contributed by atoms with Crippen LogP contribution in [0.1, 0.15) is 43.3 Å². The number of aromatic nitrogens is 1. The highest BCUT2D eigenvalue weighted by atomic mass is 32.2. The van der Waals surface area contributed by atoms with Gasteiger partial charge in [-0.15, -0.1) is 11.3 Å². The molecule has 102 valence electrons. The molecule has 18 heavy (non-hydrogen) atoms. The van der Waals surface area contributed by atoms with E-state index >= 15 is 0 Å². The molecule has 0 bridgehead atoms. The van der Waals surface area contributed by atoms with Crippen molar-refractivity contribution in [3.05, 3.63) is 16.1 Å². The number of nitrogens with zero attached hydrogens (tertiary/aromatic N) is 1. The third-order valence-corrected chi connectivity index (χ3v) is 6.17. The van der Waals surface area contributed by atoms with E-state index in [9.17, 15) is 4.21 Å². The van der Waals surface area contributed by atoms with Crippen LogP contribution in [0.4, 0.5) is 0 Å². The van der Waals surface area contributed by atoms with Crippen LogP contribution in [0.5, 0.6) is 0 Å². The summed E-state index contributed by atoms with van der Waals surface area (Å²) in [6.07, 6.45) is 4.74. The topological polar surface area (TPSA) is 42.0 Å². The predicted molar refractivity (Wildman–Crippen MR) is 78.4 cm³/mol. The van der Waals surface area contributed by atoms with E-state index in [1.54, 1.807) is 11.3 Å². The maximum absolute atomic E-state index is 12.1. The molecule has 0 amide bonds. The molecule has 1 heterocycles. The first-order chi connectivity index (χ1) is 8.70. The molecule has 5 heteroatoms. The fourth-order valence-electron chi connectivity index (χ4n) is 2.58. The van der Waals surface area contributed by atoms with Crippen LogP contribution in [0.3, 0.4) is 0 Å². The van der Waals surface area contributed by atoms with Crippen LogP contribution in [0, 0.1) is 6.92 Å². The molecule has 0 saturated heterocycles. The van der Waals surface area contributed by atoms with Gasteiger partial charge < -0.3 is 5.32 Å². The van der Waals surface area contributed by atoms with Gasteiger partial charge in [0.15, 0.2) is 0 Å². The minimum atomic E-state index is -0.676. The van der Waals surface area contributed by atoms with Crippen molar-refractivity contribution < 1.29 is 4.21 Å². The highest BCUT2D eigenvalue weighted by Crippen LogP contribution is 2.23. The van der Waals surface area contributed by atoms with Crippen LogP contribution in [0.25, 0.3) is 0 Å².